The Bertz CT molecular complexity index is 238. The SMILES string of the molecule is CCCCCCNC(=O)C1(C#N)CC1. The van der Waals surface area contributed by atoms with Crippen molar-refractivity contribution in [1.82, 2.24) is 5.32 Å². The van der Waals surface area contributed by atoms with E-state index in [9.17, 15) is 4.79 Å². The molecule has 1 saturated carbocycles. The second-order valence-electron chi connectivity index (χ2n) is 4.01. The monoisotopic (exact) mass is 194 g/mol. The average molecular weight is 194 g/mol. The molecule has 0 saturated heterocycles. The number of nitrogens with one attached hydrogen (secondary N) is 1. The topological polar surface area (TPSA) is 52.9 Å². The number of carbonyl (C=O) groups excluding carboxylic acids is 1. The van der Waals surface area contributed by atoms with Crippen LogP contribution in [0.1, 0.15) is 45.4 Å². The van der Waals surface area contributed by atoms with Crippen molar-refractivity contribution in [3.63, 3.8) is 0 Å². The van der Waals surface area contributed by atoms with Gasteiger partial charge < -0.3 is 5.32 Å². The summed E-state index contributed by atoms with van der Waals surface area (Å²) in [6.45, 7) is 2.88. The highest BCUT2D eigenvalue weighted by molar-refractivity contribution is 5.88. The van der Waals surface area contributed by atoms with Gasteiger partial charge >= 0.3 is 0 Å². The minimum atomic E-state index is -0.648. The van der Waals surface area contributed by atoms with Crippen molar-refractivity contribution in [2.75, 3.05) is 6.54 Å². The number of unbranched alkanes of at least 4 members (excludes halogenated alkanes) is 3. The molecule has 0 spiro atoms. The highest BCUT2D eigenvalue weighted by atomic mass is 16.2. The summed E-state index contributed by atoms with van der Waals surface area (Å²) in [4.78, 5) is 11.5. The van der Waals surface area contributed by atoms with Crippen molar-refractivity contribution < 1.29 is 4.79 Å². The van der Waals surface area contributed by atoms with Gasteiger partial charge in [0.15, 0.2) is 0 Å². The van der Waals surface area contributed by atoms with Crippen molar-refractivity contribution in [2.24, 2.45) is 5.41 Å². The highest BCUT2D eigenvalue weighted by Crippen LogP contribution is 2.44. The second-order valence-corrected chi connectivity index (χ2v) is 4.01. The number of nitrogens with zero attached hydrogens (tertiary/aromatic N) is 1. The van der Waals surface area contributed by atoms with Crippen LogP contribution < -0.4 is 5.32 Å². The smallest absolute Gasteiger partial charge is 0.240 e. The highest BCUT2D eigenvalue weighted by Gasteiger charge is 2.50. The predicted molar refractivity (Wildman–Crippen MR) is 54.4 cm³/mol. The Morgan fingerprint density at radius 3 is 2.64 bits per heavy atom. The molecule has 0 aromatic rings. The van der Waals surface area contributed by atoms with E-state index in [4.69, 9.17) is 5.26 Å². The molecule has 0 atom stereocenters. The Morgan fingerprint density at radius 1 is 1.43 bits per heavy atom. The normalized spacial score (nSPS) is 17.1. The fourth-order valence-electron chi connectivity index (χ4n) is 1.44. The molecule has 0 aromatic carbocycles. The first-order valence-electron chi connectivity index (χ1n) is 5.45. The molecular weight excluding hydrogens is 176 g/mol. The van der Waals surface area contributed by atoms with Gasteiger partial charge in [0.25, 0.3) is 0 Å². The Labute approximate surface area is 85.5 Å². The van der Waals surface area contributed by atoms with E-state index in [1.165, 1.54) is 12.8 Å². The Kier molecular flexibility index (Phi) is 3.94. The Balaban J connectivity index is 2.08. The molecule has 3 nitrogen and oxygen atoms in total. The van der Waals surface area contributed by atoms with Gasteiger partial charge in [0.05, 0.1) is 6.07 Å². The van der Waals surface area contributed by atoms with E-state index in [-0.39, 0.29) is 5.91 Å². The molecule has 1 fully saturated rings. The number of carbonyl (C=O) groups is 1. The quantitative estimate of drug-likeness (QED) is 0.657. The molecule has 3 heteroatoms. The average Bonchev–Trinajstić information content (AvgIpc) is 2.98. The molecule has 1 rings (SSSR count). The summed E-state index contributed by atoms with van der Waals surface area (Å²) in [5, 5.41) is 11.6. The lowest BCUT2D eigenvalue weighted by Crippen LogP contribution is -2.31. The van der Waals surface area contributed by atoms with Crippen molar-refractivity contribution >= 4 is 5.91 Å². The Hall–Kier alpha value is -1.04. The van der Waals surface area contributed by atoms with Crippen molar-refractivity contribution in [3.8, 4) is 6.07 Å². The number of hydrogen-bond donors (Lipinski definition) is 1. The molecule has 1 aliphatic carbocycles. The molecule has 0 radical (unpaired) electrons. The molecule has 0 bridgehead atoms. The molecule has 0 aliphatic heterocycles. The summed E-state index contributed by atoms with van der Waals surface area (Å²) in [5.41, 5.74) is -0.648. The zero-order chi connectivity index (χ0) is 10.4. The van der Waals surface area contributed by atoms with Gasteiger partial charge in [-0.1, -0.05) is 26.2 Å². The molecule has 78 valence electrons. The van der Waals surface area contributed by atoms with Crippen LogP contribution in [0.3, 0.4) is 0 Å². The summed E-state index contributed by atoms with van der Waals surface area (Å²) in [7, 11) is 0. The van der Waals surface area contributed by atoms with Gasteiger partial charge in [-0.2, -0.15) is 5.26 Å². The van der Waals surface area contributed by atoms with Gasteiger partial charge in [0, 0.05) is 6.54 Å². The van der Waals surface area contributed by atoms with Crippen molar-refractivity contribution in [1.29, 1.82) is 5.26 Å². The molecule has 0 unspecified atom stereocenters. The van der Waals surface area contributed by atoms with Crippen LogP contribution in [0.2, 0.25) is 0 Å². The first-order chi connectivity index (χ1) is 6.75. The van der Waals surface area contributed by atoms with E-state index in [0.717, 1.165) is 32.2 Å². The first-order valence-corrected chi connectivity index (χ1v) is 5.45. The van der Waals surface area contributed by atoms with E-state index in [1.54, 1.807) is 0 Å². The fourth-order valence-corrected chi connectivity index (χ4v) is 1.44. The van der Waals surface area contributed by atoms with E-state index >= 15 is 0 Å². The minimum Gasteiger partial charge on any atom is -0.355 e. The molecule has 1 aliphatic rings. The molecule has 0 heterocycles. The van der Waals surface area contributed by atoms with Gasteiger partial charge in [-0.3, -0.25) is 4.79 Å². The van der Waals surface area contributed by atoms with Gasteiger partial charge in [-0.15, -0.1) is 0 Å². The van der Waals surface area contributed by atoms with Crippen LogP contribution in [0.15, 0.2) is 0 Å². The van der Waals surface area contributed by atoms with Gasteiger partial charge in [-0.25, -0.2) is 0 Å². The first kappa shape index (κ1) is 11.0. The van der Waals surface area contributed by atoms with Crippen LogP contribution in [-0.2, 0) is 4.79 Å². The van der Waals surface area contributed by atoms with E-state index in [0.29, 0.717) is 0 Å². The molecule has 1 N–H and O–H groups in total. The van der Waals surface area contributed by atoms with Crippen LogP contribution in [0.25, 0.3) is 0 Å². The van der Waals surface area contributed by atoms with Crippen LogP contribution in [-0.4, -0.2) is 12.5 Å². The predicted octanol–water partition coefficient (Wildman–Crippen LogP) is 1.99. The Morgan fingerprint density at radius 2 is 2.14 bits per heavy atom. The molecule has 1 amide bonds. The van der Waals surface area contributed by atoms with Crippen LogP contribution in [0.4, 0.5) is 0 Å². The number of amides is 1. The maximum absolute atomic E-state index is 11.5. The molecular formula is C11H18N2O. The zero-order valence-electron chi connectivity index (χ0n) is 8.81. The minimum absolute atomic E-state index is 0.0588. The standard InChI is InChI=1S/C11H18N2O/c1-2-3-4-5-8-13-10(14)11(9-12)6-7-11/h2-8H2,1H3,(H,13,14). The summed E-state index contributed by atoms with van der Waals surface area (Å²) < 4.78 is 0. The van der Waals surface area contributed by atoms with Gasteiger partial charge in [0.1, 0.15) is 5.41 Å². The van der Waals surface area contributed by atoms with E-state index in [2.05, 4.69) is 18.3 Å². The number of nitriles is 1. The summed E-state index contributed by atoms with van der Waals surface area (Å²) in [6.07, 6.45) is 6.10. The maximum Gasteiger partial charge on any atom is 0.240 e. The van der Waals surface area contributed by atoms with E-state index in [1.807, 2.05) is 0 Å². The molecule has 0 aromatic heterocycles. The number of rotatable bonds is 6. The lowest BCUT2D eigenvalue weighted by molar-refractivity contribution is -0.124. The number of hydrogen-bond acceptors (Lipinski definition) is 2. The maximum atomic E-state index is 11.5. The third kappa shape index (κ3) is 2.73. The van der Waals surface area contributed by atoms with Crippen molar-refractivity contribution in [3.05, 3.63) is 0 Å². The summed E-state index contributed by atoms with van der Waals surface area (Å²) in [6, 6.07) is 2.09. The third-order valence-electron chi connectivity index (χ3n) is 2.71. The second kappa shape index (κ2) is 4.99. The lowest BCUT2D eigenvalue weighted by Gasteiger charge is -2.07. The van der Waals surface area contributed by atoms with Gasteiger partial charge in [-0.05, 0) is 19.3 Å². The summed E-state index contributed by atoms with van der Waals surface area (Å²) in [5.74, 6) is -0.0588. The summed E-state index contributed by atoms with van der Waals surface area (Å²) >= 11 is 0. The fraction of sp³-hybridized carbons (Fsp3) is 0.818. The van der Waals surface area contributed by atoms with Crippen molar-refractivity contribution in [2.45, 2.75) is 45.4 Å². The van der Waals surface area contributed by atoms with Gasteiger partial charge in [0.2, 0.25) is 5.91 Å². The van der Waals surface area contributed by atoms with Crippen LogP contribution in [0, 0.1) is 16.7 Å². The van der Waals surface area contributed by atoms with Crippen LogP contribution in [0.5, 0.6) is 0 Å². The third-order valence-corrected chi connectivity index (χ3v) is 2.71. The zero-order valence-corrected chi connectivity index (χ0v) is 8.81. The molecule has 14 heavy (non-hydrogen) atoms. The van der Waals surface area contributed by atoms with E-state index < -0.39 is 5.41 Å². The van der Waals surface area contributed by atoms with Crippen LogP contribution >= 0.6 is 0 Å². The lowest BCUT2D eigenvalue weighted by atomic mass is 10.1. The largest absolute Gasteiger partial charge is 0.355 e.